The van der Waals surface area contributed by atoms with E-state index in [1.54, 1.807) is 72.8 Å². The molecule has 0 aliphatic carbocycles. The molecule has 0 atom stereocenters. The summed E-state index contributed by atoms with van der Waals surface area (Å²) in [6.45, 7) is 1.87. The molecule has 1 saturated heterocycles. The molecule has 0 radical (unpaired) electrons. The van der Waals surface area contributed by atoms with Crippen LogP contribution in [0.4, 0.5) is 17.1 Å². The van der Waals surface area contributed by atoms with E-state index in [1.807, 2.05) is 19.1 Å². The summed E-state index contributed by atoms with van der Waals surface area (Å²) in [6.07, 6.45) is 1.31. The molecule has 6 rings (SSSR count). The Hall–Kier alpha value is -5.24. The van der Waals surface area contributed by atoms with Crippen molar-refractivity contribution in [2.24, 2.45) is 0 Å². The Morgan fingerprint density at radius 1 is 1.04 bits per heavy atom. The minimum absolute atomic E-state index is 0.0491. The number of thiazole rings is 1. The lowest BCUT2D eigenvalue weighted by Crippen LogP contribution is -2.54. The van der Waals surface area contributed by atoms with Crippen molar-refractivity contribution in [2.75, 3.05) is 10.2 Å². The maximum Gasteiger partial charge on any atom is 0.283 e. The third kappa shape index (κ3) is 6.36. The number of anilines is 2. The third-order valence-electron chi connectivity index (χ3n) is 6.71. The molecule has 4 aromatic carbocycles. The number of aromatic nitrogens is 1. The zero-order valence-corrected chi connectivity index (χ0v) is 25.8. The van der Waals surface area contributed by atoms with Crippen molar-refractivity contribution in [1.82, 2.24) is 10.3 Å². The number of carbonyl (C=O) groups excluding carboxylic acids is 3. The SMILES string of the molecule is Cc1cccc(N2C(=O)/C(=C/c3ccc(Sc4nc5ccc(NC(=O)c6ccccc6)cc5s4)c([N+](=O)[O-])c3)C(=O)NC2=S)c1. The number of nitrogens with one attached hydrogen (secondary N) is 2. The van der Waals surface area contributed by atoms with Gasteiger partial charge in [0.2, 0.25) is 0 Å². The van der Waals surface area contributed by atoms with Gasteiger partial charge >= 0.3 is 0 Å². The van der Waals surface area contributed by atoms with Crippen LogP contribution in [0.3, 0.4) is 0 Å². The Balaban J connectivity index is 1.25. The lowest BCUT2D eigenvalue weighted by atomic mass is 10.1. The number of aryl methyl sites for hydroxylation is 1. The highest BCUT2D eigenvalue weighted by molar-refractivity contribution is 8.01. The van der Waals surface area contributed by atoms with Crippen LogP contribution in [0.5, 0.6) is 0 Å². The average Bonchev–Trinajstić information content (AvgIpc) is 3.41. The number of fused-ring (bicyclic) bond motifs is 1. The van der Waals surface area contributed by atoms with Crippen molar-refractivity contribution in [2.45, 2.75) is 16.2 Å². The maximum atomic E-state index is 13.4. The van der Waals surface area contributed by atoms with Gasteiger partial charge in [-0.25, -0.2) is 4.98 Å². The lowest BCUT2D eigenvalue weighted by molar-refractivity contribution is -0.387. The summed E-state index contributed by atoms with van der Waals surface area (Å²) in [4.78, 5) is 56.4. The van der Waals surface area contributed by atoms with Gasteiger partial charge in [-0.1, -0.05) is 48.2 Å². The van der Waals surface area contributed by atoms with Crippen molar-refractivity contribution in [3.63, 3.8) is 0 Å². The molecule has 3 amide bonds. The van der Waals surface area contributed by atoms with Gasteiger partial charge in [-0.15, -0.1) is 11.3 Å². The molecule has 0 bridgehead atoms. The van der Waals surface area contributed by atoms with Gasteiger partial charge < -0.3 is 5.32 Å². The molecule has 2 N–H and O–H groups in total. The molecular weight excluding hydrogens is 631 g/mol. The van der Waals surface area contributed by atoms with E-state index in [0.717, 1.165) is 22.0 Å². The minimum Gasteiger partial charge on any atom is -0.322 e. The van der Waals surface area contributed by atoms with E-state index in [4.69, 9.17) is 12.2 Å². The Bertz CT molecular complexity index is 2080. The summed E-state index contributed by atoms with van der Waals surface area (Å²) in [5.74, 6) is -1.56. The molecule has 0 spiro atoms. The largest absolute Gasteiger partial charge is 0.322 e. The van der Waals surface area contributed by atoms with Gasteiger partial charge in [0.25, 0.3) is 23.4 Å². The third-order valence-corrected chi connectivity index (χ3v) is 9.14. The number of nitrogens with zero attached hydrogens (tertiary/aromatic N) is 3. The van der Waals surface area contributed by atoms with Gasteiger partial charge in [0.15, 0.2) is 9.45 Å². The molecule has 1 fully saturated rings. The molecule has 45 heavy (non-hydrogen) atoms. The van der Waals surface area contributed by atoms with Crippen molar-refractivity contribution >= 4 is 91.5 Å². The summed E-state index contributed by atoms with van der Waals surface area (Å²) < 4.78 is 1.36. The summed E-state index contributed by atoms with van der Waals surface area (Å²) >= 11 is 7.72. The van der Waals surface area contributed by atoms with Crippen molar-refractivity contribution in [1.29, 1.82) is 0 Å². The number of thiocarbonyl (C=S) groups is 1. The number of hydrogen-bond donors (Lipinski definition) is 2. The summed E-state index contributed by atoms with van der Waals surface area (Å²) in [5.41, 5.74) is 3.09. The van der Waals surface area contributed by atoms with Gasteiger partial charge in [0.05, 0.1) is 25.7 Å². The molecule has 1 aromatic heterocycles. The van der Waals surface area contributed by atoms with Crippen molar-refractivity contribution in [3.05, 3.63) is 123 Å². The van der Waals surface area contributed by atoms with Crippen LogP contribution in [0.1, 0.15) is 21.5 Å². The molecular formula is C32H21N5O5S3. The molecule has 2 heterocycles. The van der Waals surface area contributed by atoms with Crippen LogP contribution >= 0.6 is 35.3 Å². The van der Waals surface area contributed by atoms with Gasteiger partial charge in [-0.2, -0.15) is 0 Å². The van der Waals surface area contributed by atoms with Gasteiger partial charge in [-0.3, -0.25) is 34.7 Å². The van der Waals surface area contributed by atoms with Crippen LogP contribution in [0.25, 0.3) is 16.3 Å². The van der Waals surface area contributed by atoms with E-state index < -0.39 is 16.7 Å². The molecule has 1 aliphatic heterocycles. The topological polar surface area (TPSA) is 135 Å². The maximum absolute atomic E-state index is 13.4. The summed E-state index contributed by atoms with van der Waals surface area (Å²) in [5, 5.41) is 17.4. The van der Waals surface area contributed by atoms with E-state index >= 15 is 0 Å². The molecule has 0 unspecified atom stereocenters. The predicted octanol–water partition coefficient (Wildman–Crippen LogP) is 6.75. The van der Waals surface area contributed by atoms with E-state index in [-0.39, 0.29) is 22.3 Å². The van der Waals surface area contributed by atoms with Crippen molar-refractivity contribution in [3.8, 4) is 0 Å². The Morgan fingerprint density at radius 3 is 2.60 bits per heavy atom. The first kappa shape index (κ1) is 29.8. The lowest BCUT2D eigenvalue weighted by Gasteiger charge is -2.29. The van der Waals surface area contributed by atoms with E-state index in [2.05, 4.69) is 15.6 Å². The highest BCUT2D eigenvalue weighted by atomic mass is 32.2. The van der Waals surface area contributed by atoms with E-state index in [0.29, 0.717) is 37.3 Å². The highest BCUT2D eigenvalue weighted by Gasteiger charge is 2.34. The standard InChI is InChI=1S/C32H21N5O5S3/c1-18-6-5-9-22(14-18)36-30(40)23(29(39)35-31(36)43)15-19-10-13-26(25(16-19)37(41)42)44-32-34-24-12-11-21(17-27(24)45-32)33-28(38)20-7-3-2-4-8-20/h2-17H,1H3,(H,33,38)(H,35,39,43)/b23-15+. The number of nitro groups is 1. The number of benzene rings is 4. The van der Waals surface area contributed by atoms with Crippen LogP contribution in [0.2, 0.25) is 0 Å². The second kappa shape index (κ2) is 12.4. The zero-order chi connectivity index (χ0) is 31.7. The molecule has 222 valence electrons. The molecule has 0 saturated carbocycles. The second-order valence-electron chi connectivity index (χ2n) is 9.87. The number of nitro benzene ring substituents is 1. The van der Waals surface area contributed by atoms with Gasteiger partial charge in [0, 0.05) is 17.3 Å². The number of hydrogen-bond acceptors (Lipinski definition) is 9. The second-order valence-corrected chi connectivity index (χ2v) is 12.6. The number of amides is 3. The van der Waals surface area contributed by atoms with Crippen LogP contribution in [0, 0.1) is 17.0 Å². The Kier molecular flexibility index (Phi) is 8.22. The van der Waals surface area contributed by atoms with E-state index in [1.165, 1.54) is 28.4 Å². The van der Waals surface area contributed by atoms with E-state index in [9.17, 15) is 24.5 Å². The molecule has 1 aliphatic rings. The Labute approximate surface area is 269 Å². The monoisotopic (exact) mass is 651 g/mol. The fourth-order valence-electron chi connectivity index (χ4n) is 4.59. The molecule has 10 nitrogen and oxygen atoms in total. The average molecular weight is 652 g/mol. The first-order chi connectivity index (χ1) is 21.7. The minimum atomic E-state index is -0.691. The fraction of sp³-hybridized carbons (Fsp3) is 0.0312. The van der Waals surface area contributed by atoms with Crippen LogP contribution in [0.15, 0.2) is 106 Å². The van der Waals surface area contributed by atoms with Gasteiger partial charge in [-0.05, 0) is 84.9 Å². The first-order valence-corrected chi connectivity index (χ1v) is 15.4. The highest BCUT2D eigenvalue weighted by Crippen LogP contribution is 2.40. The normalized spacial score (nSPS) is 14.1. The smallest absolute Gasteiger partial charge is 0.283 e. The molecule has 5 aromatic rings. The van der Waals surface area contributed by atoms with Crippen LogP contribution in [-0.4, -0.2) is 32.7 Å². The first-order valence-electron chi connectivity index (χ1n) is 13.4. The van der Waals surface area contributed by atoms with Crippen LogP contribution in [-0.2, 0) is 9.59 Å². The van der Waals surface area contributed by atoms with Gasteiger partial charge in [0.1, 0.15) is 5.57 Å². The molecule has 13 heteroatoms. The Morgan fingerprint density at radius 2 is 1.84 bits per heavy atom. The van der Waals surface area contributed by atoms with Crippen LogP contribution < -0.4 is 15.5 Å². The fourth-order valence-corrected chi connectivity index (χ4v) is 7.02. The number of rotatable bonds is 7. The summed E-state index contributed by atoms with van der Waals surface area (Å²) in [6, 6.07) is 25.8. The quantitative estimate of drug-likeness (QED) is 0.0649. The zero-order valence-electron chi connectivity index (χ0n) is 23.3. The summed E-state index contributed by atoms with van der Waals surface area (Å²) in [7, 11) is 0. The van der Waals surface area contributed by atoms with Crippen molar-refractivity contribution < 1.29 is 19.3 Å². The number of carbonyl (C=O) groups is 3. The predicted molar refractivity (Wildman–Crippen MR) is 179 cm³/mol.